The number of esters is 1. The normalized spacial score (nSPS) is 11.1. The maximum Gasteiger partial charge on any atom is 0.342 e. The van der Waals surface area contributed by atoms with Crippen molar-refractivity contribution >= 4 is 28.4 Å². The van der Waals surface area contributed by atoms with Crippen LogP contribution in [0.2, 0.25) is 0 Å². The summed E-state index contributed by atoms with van der Waals surface area (Å²) in [5, 5.41) is 0.618. The molecule has 33 heavy (non-hydrogen) atoms. The first-order valence-electron chi connectivity index (χ1n) is 11.0. The Bertz CT molecular complexity index is 1230. The SMILES string of the molecule is CCCCn1c(N)c(N(CCOC)Cc2oc3ccccc3c2C(=O)OCC)c(=O)[nH]c1=O. The van der Waals surface area contributed by atoms with Gasteiger partial charge in [-0.05, 0) is 19.4 Å². The summed E-state index contributed by atoms with van der Waals surface area (Å²) >= 11 is 0. The minimum Gasteiger partial charge on any atom is -0.462 e. The number of carbonyl (C=O) groups excluding carboxylic acids is 1. The molecule has 0 atom stereocenters. The van der Waals surface area contributed by atoms with Crippen molar-refractivity contribution < 1.29 is 18.7 Å². The van der Waals surface area contributed by atoms with E-state index in [0.717, 1.165) is 12.8 Å². The number of nitrogens with two attached hydrogens (primary N) is 1. The largest absolute Gasteiger partial charge is 0.462 e. The van der Waals surface area contributed by atoms with Gasteiger partial charge >= 0.3 is 11.7 Å². The second kappa shape index (κ2) is 10.9. The lowest BCUT2D eigenvalue weighted by Gasteiger charge is -2.25. The van der Waals surface area contributed by atoms with E-state index in [9.17, 15) is 14.4 Å². The number of nitrogen functional groups attached to an aromatic ring is 1. The van der Waals surface area contributed by atoms with E-state index in [1.807, 2.05) is 6.92 Å². The van der Waals surface area contributed by atoms with E-state index in [-0.39, 0.29) is 37.8 Å². The lowest BCUT2D eigenvalue weighted by atomic mass is 10.1. The van der Waals surface area contributed by atoms with Crippen molar-refractivity contribution in [1.82, 2.24) is 9.55 Å². The second-order valence-electron chi connectivity index (χ2n) is 7.53. The first-order valence-corrected chi connectivity index (χ1v) is 11.0. The summed E-state index contributed by atoms with van der Waals surface area (Å²) in [7, 11) is 1.54. The van der Waals surface area contributed by atoms with E-state index in [1.54, 1.807) is 43.2 Å². The number of rotatable bonds is 11. The Morgan fingerprint density at radius 1 is 1.24 bits per heavy atom. The quantitative estimate of drug-likeness (QED) is 0.419. The highest BCUT2D eigenvalue weighted by Crippen LogP contribution is 2.29. The summed E-state index contributed by atoms with van der Waals surface area (Å²) in [6.45, 7) is 4.91. The fourth-order valence-electron chi connectivity index (χ4n) is 3.70. The maximum absolute atomic E-state index is 12.8. The van der Waals surface area contributed by atoms with Crippen LogP contribution < -0.4 is 21.9 Å². The van der Waals surface area contributed by atoms with Crippen molar-refractivity contribution in [3.05, 3.63) is 56.4 Å². The van der Waals surface area contributed by atoms with Gasteiger partial charge in [0, 0.05) is 25.6 Å². The molecule has 0 bridgehead atoms. The summed E-state index contributed by atoms with van der Waals surface area (Å²) < 4.78 is 17.8. The molecule has 0 saturated heterocycles. The molecule has 1 aromatic carbocycles. The number of nitrogens with one attached hydrogen (secondary N) is 1. The van der Waals surface area contributed by atoms with Crippen LogP contribution in [-0.2, 0) is 22.6 Å². The molecule has 0 amide bonds. The van der Waals surface area contributed by atoms with Crippen molar-refractivity contribution in [3.63, 3.8) is 0 Å². The molecule has 0 aliphatic rings. The topological polar surface area (TPSA) is 133 Å². The van der Waals surface area contributed by atoms with Crippen LogP contribution in [0.4, 0.5) is 11.5 Å². The van der Waals surface area contributed by atoms with Gasteiger partial charge in [0.25, 0.3) is 5.56 Å². The molecule has 0 aliphatic heterocycles. The number of ether oxygens (including phenoxy) is 2. The van der Waals surface area contributed by atoms with Crippen LogP contribution in [0.3, 0.4) is 0 Å². The minimum atomic E-state index is -0.616. The van der Waals surface area contributed by atoms with Crippen LogP contribution in [0.1, 0.15) is 42.8 Å². The average Bonchev–Trinajstić information content (AvgIpc) is 3.15. The van der Waals surface area contributed by atoms with Gasteiger partial charge in [-0.25, -0.2) is 9.59 Å². The lowest BCUT2D eigenvalue weighted by molar-refractivity contribution is 0.0526. The molecular formula is C23H30N4O6. The van der Waals surface area contributed by atoms with Crippen LogP contribution in [0.15, 0.2) is 38.3 Å². The smallest absolute Gasteiger partial charge is 0.342 e. The molecule has 178 valence electrons. The number of fused-ring (bicyclic) bond motifs is 1. The standard InChI is InChI=1S/C23H30N4O6/c1-4-6-11-27-20(24)19(21(28)25-23(27)30)26(12-13-31-3)14-17-18(22(29)32-5-2)15-9-7-8-10-16(15)33-17/h7-10H,4-6,11-14,24H2,1-3H3,(H,25,28,30). The first-order chi connectivity index (χ1) is 15.9. The van der Waals surface area contributed by atoms with Gasteiger partial charge in [0.2, 0.25) is 0 Å². The fraction of sp³-hybridized carbons (Fsp3) is 0.435. The number of para-hydroxylation sites is 1. The number of H-pyrrole nitrogens is 1. The van der Waals surface area contributed by atoms with Gasteiger partial charge < -0.3 is 24.5 Å². The number of hydrogen-bond donors (Lipinski definition) is 2. The fourth-order valence-corrected chi connectivity index (χ4v) is 3.70. The zero-order chi connectivity index (χ0) is 24.0. The molecule has 10 nitrogen and oxygen atoms in total. The molecule has 0 aliphatic carbocycles. The van der Waals surface area contributed by atoms with E-state index in [1.165, 1.54) is 4.57 Å². The molecular weight excluding hydrogens is 428 g/mol. The highest BCUT2D eigenvalue weighted by atomic mass is 16.5. The number of methoxy groups -OCH3 is 1. The Morgan fingerprint density at radius 2 is 2.00 bits per heavy atom. The highest BCUT2D eigenvalue weighted by Gasteiger charge is 2.26. The Balaban J connectivity index is 2.12. The Labute approximate surface area is 190 Å². The van der Waals surface area contributed by atoms with Gasteiger partial charge in [0.05, 0.1) is 19.8 Å². The third kappa shape index (κ3) is 5.11. The molecule has 2 aromatic heterocycles. The molecule has 0 spiro atoms. The first kappa shape index (κ1) is 24.1. The van der Waals surface area contributed by atoms with Crippen molar-refractivity contribution in [2.75, 3.05) is 37.5 Å². The summed E-state index contributed by atoms with van der Waals surface area (Å²) in [5.74, 6) is -0.128. The maximum atomic E-state index is 12.8. The summed E-state index contributed by atoms with van der Waals surface area (Å²) in [5.41, 5.74) is 6.08. The number of anilines is 2. The van der Waals surface area contributed by atoms with Crippen molar-refractivity contribution in [2.24, 2.45) is 0 Å². The van der Waals surface area contributed by atoms with Crippen molar-refractivity contribution in [2.45, 2.75) is 39.8 Å². The van der Waals surface area contributed by atoms with Crippen LogP contribution in [0.5, 0.6) is 0 Å². The van der Waals surface area contributed by atoms with E-state index < -0.39 is 17.2 Å². The Morgan fingerprint density at radius 3 is 2.70 bits per heavy atom. The number of unbranched alkanes of at least 4 members (excludes halogenated alkanes) is 1. The number of aromatic nitrogens is 2. The number of furan rings is 1. The van der Waals surface area contributed by atoms with E-state index >= 15 is 0 Å². The lowest BCUT2D eigenvalue weighted by Crippen LogP contribution is -2.39. The number of hydrogen-bond acceptors (Lipinski definition) is 8. The molecule has 0 saturated carbocycles. The highest BCUT2D eigenvalue weighted by molar-refractivity contribution is 6.04. The van der Waals surface area contributed by atoms with Gasteiger partial charge in [-0.15, -0.1) is 0 Å². The molecule has 0 fully saturated rings. The minimum absolute atomic E-state index is 0.0471. The average molecular weight is 459 g/mol. The van der Waals surface area contributed by atoms with Gasteiger partial charge in [-0.3, -0.25) is 14.3 Å². The monoisotopic (exact) mass is 458 g/mol. The van der Waals surface area contributed by atoms with E-state index in [0.29, 0.717) is 28.8 Å². The molecule has 3 rings (SSSR count). The molecule has 0 unspecified atom stereocenters. The summed E-state index contributed by atoms with van der Waals surface area (Å²) in [4.78, 5) is 41.9. The molecule has 0 radical (unpaired) electrons. The summed E-state index contributed by atoms with van der Waals surface area (Å²) in [6, 6.07) is 7.15. The van der Waals surface area contributed by atoms with Crippen LogP contribution >= 0.6 is 0 Å². The number of benzene rings is 1. The van der Waals surface area contributed by atoms with E-state index in [2.05, 4.69) is 4.98 Å². The molecule has 3 aromatic rings. The molecule has 10 heteroatoms. The van der Waals surface area contributed by atoms with Gasteiger partial charge in [-0.1, -0.05) is 31.5 Å². The van der Waals surface area contributed by atoms with Crippen LogP contribution in [0, 0.1) is 0 Å². The molecule has 2 heterocycles. The summed E-state index contributed by atoms with van der Waals surface area (Å²) in [6.07, 6.45) is 1.58. The third-order valence-corrected chi connectivity index (χ3v) is 5.31. The molecule has 3 N–H and O–H groups in total. The van der Waals surface area contributed by atoms with Crippen molar-refractivity contribution in [1.29, 1.82) is 0 Å². The number of aromatic amines is 1. The van der Waals surface area contributed by atoms with Gasteiger partial charge in [0.15, 0.2) is 0 Å². The zero-order valence-electron chi connectivity index (χ0n) is 19.2. The Hall–Kier alpha value is -3.53. The van der Waals surface area contributed by atoms with Crippen LogP contribution in [-0.4, -0.2) is 42.4 Å². The number of carbonyl (C=O) groups is 1. The van der Waals surface area contributed by atoms with Gasteiger partial charge in [0.1, 0.15) is 28.4 Å². The second-order valence-corrected chi connectivity index (χ2v) is 7.53. The predicted molar refractivity (Wildman–Crippen MR) is 126 cm³/mol. The Kier molecular flexibility index (Phi) is 7.94. The number of nitrogens with zero attached hydrogens (tertiary/aromatic N) is 2. The van der Waals surface area contributed by atoms with E-state index in [4.69, 9.17) is 19.6 Å². The van der Waals surface area contributed by atoms with Gasteiger partial charge in [-0.2, -0.15) is 0 Å². The van der Waals surface area contributed by atoms with Crippen molar-refractivity contribution in [3.8, 4) is 0 Å². The third-order valence-electron chi connectivity index (χ3n) is 5.31. The van der Waals surface area contributed by atoms with Crippen LogP contribution in [0.25, 0.3) is 11.0 Å². The predicted octanol–water partition coefficient (Wildman–Crippen LogP) is 2.49. The zero-order valence-corrected chi connectivity index (χ0v) is 19.2.